The molecule has 0 aliphatic carbocycles. The fourth-order valence-corrected chi connectivity index (χ4v) is 2.49. The van der Waals surface area contributed by atoms with Crippen molar-refractivity contribution in [3.63, 3.8) is 0 Å². The number of methoxy groups -OCH3 is 1. The van der Waals surface area contributed by atoms with Crippen LogP contribution in [0.4, 0.5) is 5.69 Å². The molecule has 0 aliphatic heterocycles. The molecule has 6 nitrogen and oxygen atoms in total. The molecule has 3 aromatic rings. The molecule has 3 rings (SSSR count). The number of carbonyl (C=O) groups is 1. The molecule has 1 heterocycles. The fourth-order valence-electron chi connectivity index (χ4n) is 2.49. The molecule has 0 bridgehead atoms. The molecule has 0 saturated heterocycles. The Kier molecular flexibility index (Phi) is 4.29. The third-order valence-electron chi connectivity index (χ3n) is 3.86. The molecule has 0 aliphatic rings. The van der Waals surface area contributed by atoms with Crippen molar-refractivity contribution in [2.75, 3.05) is 19.1 Å². The molecule has 0 spiro atoms. The summed E-state index contributed by atoms with van der Waals surface area (Å²) in [6.07, 6.45) is 0. The minimum absolute atomic E-state index is 0.208. The van der Waals surface area contributed by atoms with Gasteiger partial charge in [-0.25, -0.2) is 4.68 Å². The van der Waals surface area contributed by atoms with Crippen LogP contribution in [0.25, 0.3) is 5.69 Å². The van der Waals surface area contributed by atoms with E-state index in [0.29, 0.717) is 17.1 Å². The number of hydrogen-bond donors (Lipinski definition) is 0. The Morgan fingerprint density at radius 1 is 1.08 bits per heavy atom. The lowest BCUT2D eigenvalue weighted by Gasteiger charge is -2.16. The van der Waals surface area contributed by atoms with Crippen LogP contribution in [0.15, 0.2) is 54.6 Å². The summed E-state index contributed by atoms with van der Waals surface area (Å²) in [7, 11) is 3.32. The zero-order valence-electron chi connectivity index (χ0n) is 13.8. The zero-order valence-corrected chi connectivity index (χ0v) is 13.8. The average Bonchev–Trinajstić information content (AvgIpc) is 3.02. The van der Waals surface area contributed by atoms with E-state index in [0.717, 1.165) is 11.4 Å². The molecule has 0 radical (unpaired) electrons. The topological polar surface area (TPSA) is 60.2 Å². The van der Waals surface area contributed by atoms with Crippen LogP contribution in [-0.4, -0.2) is 35.1 Å². The number of anilines is 1. The molecule has 24 heavy (non-hydrogen) atoms. The molecule has 0 saturated carbocycles. The Labute approximate surface area is 140 Å². The van der Waals surface area contributed by atoms with Crippen molar-refractivity contribution in [2.24, 2.45) is 0 Å². The molecule has 2 aromatic carbocycles. The Morgan fingerprint density at radius 2 is 1.75 bits per heavy atom. The molecule has 1 aromatic heterocycles. The Bertz CT molecular complexity index is 858. The van der Waals surface area contributed by atoms with Crippen LogP contribution in [0.5, 0.6) is 5.75 Å². The van der Waals surface area contributed by atoms with Crippen LogP contribution < -0.4 is 9.64 Å². The van der Waals surface area contributed by atoms with Crippen LogP contribution in [-0.2, 0) is 0 Å². The first kappa shape index (κ1) is 15.7. The van der Waals surface area contributed by atoms with Crippen molar-refractivity contribution < 1.29 is 9.53 Å². The molecule has 0 atom stereocenters. The van der Waals surface area contributed by atoms with E-state index >= 15 is 0 Å². The monoisotopic (exact) mass is 322 g/mol. The molecule has 1 amide bonds. The van der Waals surface area contributed by atoms with Gasteiger partial charge in [-0.1, -0.05) is 35.5 Å². The number of amides is 1. The highest BCUT2D eigenvalue weighted by molar-refractivity contribution is 6.05. The molecule has 6 heteroatoms. The molecule has 122 valence electrons. The van der Waals surface area contributed by atoms with Crippen molar-refractivity contribution in [3.05, 3.63) is 66.0 Å². The van der Waals surface area contributed by atoms with E-state index in [4.69, 9.17) is 4.74 Å². The molecular weight excluding hydrogens is 304 g/mol. The predicted octanol–water partition coefficient (Wildman–Crippen LogP) is 2.86. The number of rotatable bonds is 4. The highest BCUT2D eigenvalue weighted by atomic mass is 16.5. The van der Waals surface area contributed by atoms with Gasteiger partial charge in [-0.3, -0.25) is 4.79 Å². The van der Waals surface area contributed by atoms with Crippen molar-refractivity contribution in [1.82, 2.24) is 15.0 Å². The summed E-state index contributed by atoms with van der Waals surface area (Å²) in [6, 6.07) is 16.9. The van der Waals surface area contributed by atoms with Crippen molar-refractivity contribution in [3.8, 4) is 11.4 Å². The highest BCUT2D eigenvalue weighted by Gasteiger charge is 2.22. The van der Waals surface area contributed by atoms with Crippen LogP contribution in [0.2, 0.25) is 0 Å². The van der Waals surface area contributed by atoms with Gasteiger partial charge in [0.15, 0.2) is 5.69 Å². The van der Waals surface area contributed by atoms with Crippen LogP contribution in [0.3, 0.4) is 0 Å². The number of hydrogen-bond acceptors (Lipinski definition) is 4. The van der Waals surface area contributed by atoms with Gasteiger partial charge in [0.2, 0.25) is 0 Å². The van der Waals surface area contributed by atoms with E-state index < -0.39 is 0 Å². The number of para-hydroxylation sites is 3. The first-order chi connectivity index (χ1) is 11.6. The Hall–Kier alpha value is -3.15. The zero-order chi connectivity index (χ0) is 17.1. The number of ether oxygens (including phenoxy) is 1. The summed E-state index contributed by atoms with van der Waals surface area (Å²) in [4.78, 5) is 14.3. The van der Waals surface area contributed by atoms with Crippen LogP contribution >= 0.6 is 0 Å². The summed E-state index contributed by atoms with van der Waals surface area (Å²) in [5, 5.41) is 8.21. The van der Waals surface area contributed by atoms with E-state index in [-0.39, 0.29) is 5.91 Å². The number of nitrogens with zero attached hydrogens (tertiary/aromatic N) is 4. The predicted molar refractivity (Wildman–Crippen MR) is 91.8 cm³/mol. The van der Waals surface area contributed by atoms with Gasteiger partial charge in [-0.05, 0) is 31.2 Å². The Balaban J connectivity index is 1.97. The summed E-state index contributed by atoms with van der Waals surface area (Å²) in [6.45, 7) is 1.82. The average molecular weight is 322 g/mol. The second-order valence-corrected chi connectivity index (χ2v) is 5.31. The largest absolute Gasteiger partial charge is 0.494 e. The molecular formula is C18H18N4O2. The standard InChI is InChI=1S/C18H18N4O2/c1-13-17(18(23)21(2)14-9-5-4-6-10-14)19-20-22(13)15-11-7-8-12-16(15)24-3/h4-12H,1-3H3. The maximum Gasteiger partial charge on any atom is 0.280 e. The van der Waals surface area contributed by atoms with E-state index in [9.17, 15) is 4.79 Å². The highest BCUT2D eigenvalue weighted by Crippen LogP contribution is 2.24. The van der Waals surface area contributed by atoms with Crippen molar-refractivity contribution in [2.45, 2.75) is 6.92 Å². The third kappa shape index (κ3) is 2.74. The van der Waals surface area contributed by atoms with Gasteiger partial charge < -0.3 is 9.64 Å². The summed E-state index contributed by atoms with van der Waals surface area (Å²) < 4.78 is 6.97. The van der Waals surface area contributed by atoms with Gasteiger partial charge >= 0.3 is 0 Å². The van der Waals surface area contributed by atoms with Gasteiger partial charge in [0.1, 0.15) is 11.4 Å². The second-order valence-electron chi connectivity index (χ2n) is 5.31. The second kappa shape index (κ2) is 6.54. The summed E-state index contributed by atoms with van der Waals surface area (Å²) in [5.74, 6) is 0.459. The lowest BCUT2D eigenvalue weighted by Crippen LogP contribution is -2.27. The number of benzene rings is 2. The van der Waals surface area contributed by atoms with Gasteiger partial charge in [0.05, 0.1) is 12.8 Å². The smallest absolute Gasteiger partial charge is 0.280 e. The molecule has 0 N–H and O–H groups in total. The quantitative estimate of drug-likeness (QED) is 0.741. The van der Waals surface area contributed by atoms with Crippen molar-refractivity contribution >= 4 is 11.6 Å². The maximum absolute atomic E-state index is 12.7. The fraction of sp³-hybridized carbons (Fsp3) is 0.167. The SMILES string of the molecule is COc1ccccc1-n1nnc(C(=O)N(C)c2ccccc2)c1C. The lowest BCUT2D eigenvalue weighted by atomic mass is 10.2. The normalized spacial score (nSPS) is 10.5. The van der Waals surface area contributed by atoms with Gasteiger partial charge in [-0.2, -0.15) is 0 Å². The summed E-state index contributed by atoms with van der Waals surface area (Å²) in [5.41, 5.74) is 2.51. The number of carbonyl (C=O) groups excluding carboxylic acids is 1. The Morgan fingerprint density at radius 3 is 2.46 bits per heavy atom. The lowest BCUT2D eigenvalue weighted by molar-refractivity contribution is 0.0987. The molecule has 0 fully saturated rings. The van der Waals surface area contributed by atoms with Crippen molar-refractivity contribution in [1.29, 1.82) is 0 Å². The van der Waals surface area contributed by atoms with Crippen LogP contribution in [0, 0.1) is 6.92 Å². The number of aromatic nitrogens is 3. The minimum atomic E-state index is -0.208. The maximum atomic E-state index is 12.7. The minimum Gasteiger partial charge on any atom is -0.494 e. The first-order valence-electron chi connectivity index (χ1n) is 7.52. The first-order valence-corrected chi connectivity index (χ1v) is 7.52. The van der Waals surface area contributed by atoms with Gasteiger partial charge in [0, 0.05) is 12.7 Å². The van der Waals surface area contributed by atoms with E-state index in [1.54, 1.807) is 23.7 Å². The van der Waals surface area contributed by atoms with E-state index in [2.05, 4.69) is 10.3 Å². The van der Waals surface area contributed by atoms with E-state index in [1.807, 2.05) is 61.5 Å². The molecule has 0 unspecified atom stereocenters. The van der Waals surface area contributed by atoms with E-state index in [1.165, 1.54) is 0 Å². The third-order valence-corrected chi connectivity index (χ3v) is 3.86. The summed E-state index contributed by atoms with van der Waals surface area (Å²) >= 11 is 0. The van der Waals surface area contributed by atoms with Gasteiger partial charge in [-0.15, -0.1) is 5.10 Å². The van der Waals surface area contributed by atoms with Gasteiger partial charge in [0.25, 0.3) is 5.91 Å². The van der Waals surface area contributed by atoms with Crippen LogP contribution in [0.1, 0.15) is 16.2 Å².